The first-order chi connectivity index (χ1) is 12.1. The molecular formula is C21H19N3O. The van der Waals surface area contributed by atoms with Gasteiger partial charge in [-0.05, 0) is 52.9 Å². The molecule has 25 heavy (non-hydrogen) atoms. The summed E-state index contributed by atoms with van der Waals surface area (Å²) in [5.74, 6) is 0.515. The van der Waals surface area contributed by atoms with E-state index in [1.807, 2.05) is 25.1 Å². The zero-order chi connectivity index (χ0) is 17.4. The molecule has 0 saturated heterocycles. The lowest BCUT2D eigenvalue weighted by Gasteiger charge is -2.15. The van der Waals surface area contributed by atoms with E-state index in [4.69, 9.17) is 0 Å². The number of carbonyl (C=O) groups excluding carboxylic acids is 1. The van der Waals surface area contributed by atoms with Crippen molar-refractivity contribution in [3.05, 3.63) is 77.5 Å². The van der Waals surface area contributed by atoms with Crippen LogP contribution >= 0.6 is 0 Å². The molecule has 0 bridgehead atoms. The van der Waals surface area contributed by atoms with Crippen molar-refractivity contribution >= 4 is 17.4 Å². The van der Waals surface area contributed by atoms with Crippen molar-refractivity contribution in [2.45, 2.75) is 6.42 Å². The lowest BCUT2D eigenvalue weighted by Crippen LogP contribution is -2.19. The summed E-state index contributed by atoms with van der Waals surface area (Å²) in [5, 5.41) is 3.00. The molecule has 1 amide bonds. The van der Waals surface area contributed by atoms with Crippen molar-refractivity contribution in [2.24, 2.45) is 0 Å². The third-order valence-corrected chi connectivity index (χ3v) is 4.51. The van der Waals surface area contributed by atoms with Crippen LogP contribution in [0.3, 0.4) is 0 Å². The summed E-state index contributed by atoms with van der Waals surface area (Å²) in [6.45, 7) is 0. The van der Waals surface area contributed by atoms with Crippen LogP contribution in [-0.2, 0) is 6.42 Å². The van der Waals surface area contributed by atoms with E-state index in [1.165, 1.54) is 22.3 Å². The minimum Gasteiger partial charge on any atom is -0.362 e. The highest BCUT2D eigenvalue weighted by Gasteiger charge is 2.19. The summed E-state index contributed by atoms with van der Waals surface area (Å²) in [7, 11) is 3.76. The van der Waals surface area contributed by atoms with Gasteiger partial charge < -0.3 is 10.2 Å². The number of benzene rings is 2. The first-order valence-corrected chi connectivity index (χ1v) is 8.28. The maximum absolute atomic E-state index is 12.7. The highest BCUT2D eigenvalue weighted by Crippen LogP contribution is 2.37. The van der Waals surface area contributed by atoms with Crippen molar-refractivity contribution in [2.75, 3.05) is 24.3 Å². The third kappa shape index (κ3) is 2.76. The largest absolute Gasteiger partial charge is 0.362 e. The fourth-order valence-electron chi connectivity index (χ4n) is 3.35. The molecule has 0 atom stereocenters. The number of aromatic nitrogens is 1. The van der Waals surface area contributed by atoms with E-state index in [1.54, 1.807) is 18.3 Å². The molecule has 4 rings (SSSR count). The molecule has 0 unspecified atom stereocenters. The van der Waals surface area contributed by atoms with Crippen molar-refractivity contribution in [3.8, 4) is 11.1 Å². The maximum Gasteiger partial charge on any atom is 0.259 e. The first kappa shape index (κ1) is 15.4. The van der Waals surface area contributed by atoms with E-state index >= 15 is 0 Å². The fourth-order valence-corrected chi connectivity index (χ4v) is 3.35. The summed E-state index contributed by atoms with van der Waals surface area (Å²) in [5.41, 5.74) is 6.50. The van der Waals surface area contributed by atoms with Crippen molar-refractivity contribution < 1.29 is 4.79 Å². The highest BCUT2D eigenvalue weighted by molar-refractivity contribution is 6.07. The van der Waals surface area contributed by atoms with Crippen molar-refractivity contribution in [1.82, 2.24) is 4.98 Å². The van der Waals surface area contributed by atoms with E-state index in [2.05, 4.69) is 46.7 Å². The van der Waals surface area contributed by atoms with Crippen LogP contribution in [0.2, 0.25) is 0 Å². The van der Waals surface area contributed by atoms with E-state index in [-0.39, 0.29) is 5.91 Å². The van der Waals surface area contributed by atoms with Gasteiger partial charge >= 0.3 is 0 Å². The zero-order valence-electron chi connectivity index (χ0n) is 14.3. The van der Waals surface area contributed by atoms with Gasteiger partial charge in [-0.1, -0.05) is 30.3 Å². The predicted octanol–water partition coefficient (Wildman–Crippen LogP) is 3.97. The van der Waals surface area contributed by atoms with Crippen LogP contribution in [0.4, 0.5) is 11.5 Å². The molecule has 0 fully saturated rings. The van der Waals surface area contributed by atoms with Crippen LogP contribution < -0.4 is 10.2 Å². The molecule has 1 aliphatic rings. The number of pyridine rings is 1. The van der Waals surface area contributed by atoms with Crippen LogP contribution in [0, 0.1) is 0 Å². The SMILES string of the molecule is CN(C)c1ncccc1C(=O)Nc1ccc2c(c1)Cc1ccccc1-2. The van der Waals surface area contributed by atoms with Gasteiger partial charge in [0.05, 0.1) is 5.56 Å². The predicted molar refractivity (Wildman–Crippen MR) is 101 cm³/mol. The number of nitrogens with zero attached hydrogens (tertiary/aromatic N) is 2. The van der Waals surface area contributed by atoms with Crippen LogP contribution in [0.25, 0.3) is 11.1 Å². The van der Waals surface area contributed by atoms with Gasteiger partial charge in [0.15, 0.2) is 0 Å². The van der Waals surface area contributed by atoms with Gasteiger partial charge in [0, 0.05) is 26.0 Å². The summed E-state index contributed by atoms with van der Waals surface area (Å²) in [6, 6.07) is 18.1. The Labute approximate surface area is 147 Å². The van der Waals surface area contributed by atoms with Gasteiger partial charge in [-0.25, -0.2) is 4.98 Å². The monoisotopic (exact) mass is 329 g/mol. The second kappa shape index (κ2) is 6.06. The number of nitrogens with one attached hydrogen (secondary N) is 1. The van der Waals surface area contributed by atoms with Crippen LogP contribution in [0.1, 0.15) is 21.5 Å². The minimum atomic E-state index is -0.146. The van der Waals surface area contributed by atoms with Crippen LogP contribution in [0.15, 0.2) is 60.8 Å². The Kier molecular flexibility index (Phi) is 3.73. The number of carbonyl (C=O) groups is 1. The molecule has 1 aliphatic carbocycles. The third-order valence-electron chi connectivity index (χ3n) is 4.51. The molecule has 1 aromatic heterocycles. The van der Waals surface area contributed by atoms with Gasteiger partial charge in [0.1, 0.15) is 5.82 Å². The summed E-state index contributed by atoms with van der Waals surface area (Å²) in [4.78, 5) is 18.8. The first-order valence-electron chi connectivity index (χ1n) is 8.28. The quantitative estimate of drug-likeness (QED) is 0.618. The molecular weight excluding hydrogens is 310 g/mol. The number of hydrogen-bond acceptors (Lipinski definition) is 3. The standard InChI is InChI=1S/C21H19N3O/c1-24(2)20-19(8-5-11-22-20)21(25)23-16-9-10-18-15(13-16)12-14-6-3-4-7-17(14)18/h3-11,13H,12H2,1-2H3,(H,23,25). The molecule has 2 aromatic carbocycles. The number of amides is 1. The summed E-state index contributed by atoms with van der Waals surface area (Å²) >= 11 is 0. The molecule has 0 radical (unpaired) electrons. The Bertz CT molecular complexity index is 963. The van der Waals surface area contributed by atoms with Crippen molar-refractivity contribution in [3.63, 3.8) is 0 Å². The van der Waals surface area contributed by atoms with E-state index < -0.39 is 0 Å². The van der Waals surface area contributed by atoms with E-state index in [0.717, 1.165) is 12.1 Å². The smallest absolute Gasteiger partial charge is 0.259 e. The second-order valence-corrected chi connectivity index (χ2v) is 6.43. The molecule has 4 nitrogen and oxygen atoms in total. The van der Waals surface area contributed by atoms with Gasteiger partial charge in [0.25, 0.3) is 5.91 Å². The Morgan fingerprint density at radius 2 is 1.80 bits per heavy atom. The van der Waals surface area contributed by atoms with Gasteiger partial charge in [-0.15, -0.1) is 0 Å². The number of anilines is 2. The molecule has 3 aromatic rings. The molecule has 1 heterocycles. The molecule has 0 spiro atoms. The van der Waals surface area contributed by atoms with Crippen LogP contribution in [0.5, 0.6) is 0 Å². The van der Waals surface area contributed by atoms with E-state index in [9.17, 15) is 4.79 Å². The molecule has 1 N–H and O–H groups in total. The Hall–Kier alpha value is -3.14. The normalized spacial score (nSPS) is 11.6. The number of fused-ring (bicyclic) bond motifs is 3. The van der Waals surface area contributed by atoms with Gasteiger partial charge in [0.2, 0.25) is 0 Å². The molecule has 124 valence electrons. The average Bonchev–Trinajstić information content (AvgIpc) is 2.99. The second-order valence-electron chi connectivity index (χ2n) is 6.43. The molecule has 0 saturated carbocycles. The zero-order valence-corrected chi connectivity index (χ0v) is 14.3. The van der Waals surface area contributed by atoms with Crippen LogP contribution in [-0.4, -0.2) is 25.0 Å². The minimum absolute atomic E-state index is 0.146. The highest BCUT2D eigenvalue weighted by atomic mass is 16.1. The van der Waals surface area contributed by atoms with Gasteiger partial charge in [-0.3, -0.25) is 4.79 Å². The molecule has 0 aliphatic heterocycles. The number of hydrogen-bond donors (Lipinski definition) is 1. The Balaban J connectivity index is 1.61. The fraction of sp³-hybridized carbons (Fsp3) is 0.143. The summed E-state index contributed by atoms with van der Waals surface area (Å²) in [6.07, 6.45) is 2.60. The van der Waals surface area contributed by atoms with E-state index in [0.29, 0.717) is 11.4 Å². The van der Waals surface area contributed by atoms with Crippen molar-refractivity contribution in [1.29, 1.82) is 0 Å². The maximum atomic E-state index is 12.7. The number of rotatable bonds is 3. The lowest BCUT2D eigenvalue weighted by molar-refractivity contribution is 0.102. The Morgan fingerprint density at radius 1 is 1.00 bits per heavy atom. The van der Waals surface area contributed by atoms with Gasteiger partial charge in [-0.2, -0.15) is 0 Å². The lowest BCUT2D eigenvalue weighted by atomic mass is 10.1. The molecule has 4 heteroatoms. The summed E-state index contributed by atoms with van der Waals surface area (Å²) < 4.78 is 0. The topological polar surface area (TPSA) is 45.2 Å². The average molecular weight is 329 g/mol. The Morgan fingerprint density at radius 3 is 2.64 bits per heavy atom.